The Morgan fingerprint density at radius 3 is 2.42 bits per heavy atom. The van der Waals surface area contributed by atoms with Gasteiger partial charge in [-0.3, -0.25) is 4.79 Å². The lowest BCUT2D eigenvalue weighted by Crippen LogP contribution is -2.24. The highest BCUT2D eigenvalue weighted by molar-refractivity contribution is 5.90. The number of carboxylic acids is 1. The number of rotatable bonds is 6. The van der Waals surface area contributed by atoms with E-state index in [1.165, 1.54) is 6.33 Å². The van der Waals surface area contributed by atoms with E-state index in [1.54, 1.807) is 28.8 Å². The van der Waals surface area contributed by atoms with Crippen molar-refractivity contribution in [3.8, 4) is 22.4 Å². The predicted octanol–water partition coefficient (Wildman–Crippen LogP) is 4.68. The van der Waals surface area contributed by atoms with E-state index < -0.39 is 11.9 Å². The van der Waals surface area contributed by atoms with Crippen LogP contribution in [0.15, 0.2) is 65.6 Å². The van der Waals surface area contributed by atoms with Crippen LogP contribution in [0.1, 0.15) is 58.8 Å². The van der Waals surface area contributed by atoms with E-state index in [0.29, 0.717) is 12.4 Å². The number of aromatic nitrogens is 5. The minimum Gasteiger partial charge on any atom is -0.478 e. The number of carbonyl (C=O) groups excluding carboxylic acids is 1. The maximum atomic E-state index is 12.5. The van der Waals surface area contributed by atoms with Crippen LogP contribution >= 0.6 is 0 Å². The van der Waals surface area contributed by atoms with Gasteiger partial charge in [-0.1, -0.05) is 50.2 Å². The minimum absolute atomic E-state index is 0.00853. The maximum absolute atomic E-state index is 12.5. The van der Waals surface area contributed by atoms with Crippen molar-refractivity contribution in [3.63, 3.8) is 0 Å². The summed E-state index contributed by atoms with van der Waals surface area (Å²) >= 11 is 0. The Kier molecular flexibility index (Phi) is 6.23. The van der Waals surface area contributed by atoms with Gasteiger partial charge in [0, 0.05) is 29.3 Å². The van der Waals surface area contributed by atoms with Crippen LogP contribution in [0.2, 0.25) is 0 Å². The van der Waals surface area contributed by atoms with Gasteiger partial charge in [0.1, 0.15) is 6.33 Å². The zero-order valence-electron chi connectivity index (χ0n) is 21.4. The fourth-order valence-electron chi connectivity index (χ4n) is 4.03. The third-order valence-electron chi connectivity index (χ3n) is 6.20. The van der Waals surface area contributed by atoms with E-state index in [1.807, 2.05) is 58.2 Å². The average Bonchev–Trinajstić information content (AvgIpc) is 3.56. The van der Waals surface area contributed by atoms with E-state index in [9.17, 15) is 9.59 Å². The van der Waals surface area contributed by atoms with E-state index in [4.69, 9.17) is 9.63 Å². The molecule has 10 heteroatoms. The van der Waals surface area contributed by atoms with Crippen LogP contribution < -0.4 is 5.32 Å². The summed E-state index contributed by atoms with van der Waals surface area (Å²) in [4.78, 5) is 32.4. The normalized spacial score (nSPS) is 11.6. The molecular weight excluding hydrogens is 484 g/mol. The first kappa shape index (κ1) is 24.8. The topological polar surface area (TPSA) is 136 Å². The van der Waals surface area contributed by atoms with Gasteiger partial charge in [0.25, 0.3) is 11.7 Å². The zero-order valence-corrected chi connectivity index (χ0v) is 21.4. The Bertz CT molecular complexity index is 1660. The fraction of sp³-hybridized carbons (Fsp3) is 0.214. The summed E-state index contributed by atoms with van der Waals surface area (Å²) in [6.45, 7) is 8.09. The van der Waals surface area contributed by atoms with Gasteiger partial charge in [0.15, 0.2) is 0 Å². The quantitative estimate of drug-likeness (QED) is 0.336. The van der Waals surface area contributed by atoms with Gasteiger partial charge in [-0.25, -0.2) is 14.3 Å². The highest BCUT2D eigenvalue weighted by atomic mass is 16.5. The molecule has 2 aromatic carbocycles. The molecule has 38 heavy (non-hydrogen) atoms. The number of carbonyl (C=O) groups is 2. The summed E-state index contributed by atoms with van der Waals surface area (Å²) in [5, 5.41) is 20.1. The van der Waals surface area contributed by atoms with E-state index in [-0.39, 0.29) is 16.8 Å². The molecule has 0 bridgehead atoms. The summed E-state index contributed by atoms with van der Waals surface area (Å²) in [5.74, 6) is -0.948. The molecule has 0 spiro atoms. The van der Waals surface area contributed by atoms with Gasteiger partial charge in [-0.15, -0.1) is 0 Å². The van der Waals surface area contributed by atoms with Crippen LogP contribution in [0.3, 0.4) is 0 Å². The lowest BCUT2D eigenvalue weighted by Gasteiger charge is -2.10. The number of nitrogens with zero attached hydrogens (tertiary/aromatic N) is 5. The third kappa shape index (κ3) is 4.88. The predicted molar refractivity (Wildman–Crippen MR) is 140 cm³/mol. The molecule has 0 aliphatic heterocycles. The molecule has 5 rings (SSSR count). The van der Waals surface area contributed by atoms with Gasteiger partial charge in [0.2, 0.25) is 5.89 Å². The van der Waals surface area contributed by atoms with Gasteiger partial charge >= 0.3 is 5.97 Å². The summed E-state index contributed by atoms with van der Waals surface area (Å²) in [5.41, 5.74) is 6.09. The molecule has 0 radical (unpaired) electrons. The second-order valence-corrected chi connectivity index (χ2v) is 10.0. The molecule has 0 aliphatic carbocycles. The van der Waals surface area contributed by atoms with Gasteiger partial charge in [-0.2, -0.15) is 10.1 Å². The monoisotopic (exact) mass is 510 g/mol. The summed E-state index contributed by atoms with van der Waals surface area (Å²) in [6.07, 6.45) is 3.38. The van der Waals surface area contributed by atoms with Crippen LogP contribution in [0.25, 0.3) is 27.9 Å². The molecule has 192 valence electrons. The molecule has 0 aliphatic rings. The van der Waals surface area contributed by atoms with Crippen molar-refractivity contribution >= 4 is 17.4 Å². The van der Waals surface area contributed by atoms with Crippen LogP contribution in [-0.4, -0.2) is 41.7 Å². The smallest absolute Gasteiger partial charge is 0.335 e. The number of aromatic carboxylic acids is 1. The number of fused-ring (bicyclic) bond motifs is 1. The van der Waals surface area contributed by atoms with Crippen LogP contribution in [0.4, 0.5) is 0 Å². The van der Waals surface area contributed by atoms with E-state index in [0.717, 1.165) is 39.0 Å². The lowest BCUT2D eigenvalue weighted by atomic mass is 9.97. The molecule has 0 atom stereocenters. The lowest BCUT2D eigenvalue weighted by molar-refractivity contribution is 0.0696. The number of amides is 1. The standard InChI is InChI=1S/C28H26N6O4/c1-16-11-19(9-10-20(16)13-29-25(35)24-32-27(38-33-24)28(2,3)4)23-22-12-21(14-34(22)31-15-30-23)17-5-7-18(8-6-17)26(36)37/h5-12,14-15H,13H2,1-4H3,(H,29,35)(H,36,37). The SMILES string of the molecule is Cc1cc(-c2ncnn3cc(-c4ccc(C(=O)O)cc4)cc23)ccc1CNC(=O)c1noc(C(C)(C)C)n1. The second-order valence-electron chi connectivity index (χ2n) is 10.0. The molecule has 1 amide bonds. The Hall–Kier alpha value is -4.86. The van der Waals surface area contributed by atoms with Gasteiger partial charge in [-0.05, 0) is 47.9 Å². The largest absolute Gasteiger partial charge is 0.478 e. The molecule has 0 saturated heterocycles. The van der Waals surface area contributed by atoms with Gasteiger partial charge < -0.3 is 14.9 Å². The molecule has 10 nitrogen and oxygen atoms in total. The number of hydrogen-bond acceptors (Lipinski definition) is 7. The van der Waals surface area contributed by atoms with Crippen molar-refractivity contribution in [2.45, 2.75) is 39.7 Å². The number of hydrogen-bond donors (Lipinski definition) is 2. The van der Waals surface area contributed by atoms with Crippen molar-refractivity contribution in [3.05, 3.63) is 89.5 Å². The molecule has 0 fully saturated rings. The number of carboxylic acid groups (broad SMARTS) is 1. The number of nitrogens with one attached hydrogen (secondary N) is 1. The highest BCUT2D eigenvalue weighted by Crippen LogP contribution is 2.29. The van der Waals surface area contributed by atoms with Crippen molar-refractivity contribution in [1.82, 2.24) is 30.1 Å². The molecule has 0 unspecified atom stereocenters. The minimum atomic E-state index is -0.963. The van der Waals surface area contributed by atoms with Crippen LogP contribution in [-0.2, 0) is 12.0 Å². The summed E-state index contributed by atoms with van der Waals surface area (Å²) in [7, 11) is 0. The first-order valence-electron chi connectivity index (χ1n) is 12.0. The summed E-state index contributed by atoms with van der Waals surface area (Å²) < 4.78 is 6.96. The molecular formula is C28H26N6O4. The first-order chi connectivity index (χ1) is 18.1. The Balaban J connectivity index is 1.36. The second kappa shape index (κ2) is 9.55. The number of benzene rings is 2. The van der Waals surface area contributed by atoms with Crippen LogP contribution in [0, 0.1) is 6.92 Å². The fourth-order valence-corrected chi connectivity index (χ4v) is 4.03. The molecule has 2 N–H and O–H groups in total. The average molecular weight is 511 g/mol. The van der Waals surface area contributed by atoms with Crippen molar-refractivity contribution in [2.24, 2.45) is 0 Å². The highest BCUT2D eigenvalue weighted by Gasteiger charge is 2.24. The molecule has 5 aromatic rings. The third-order valence-corrected chi connectivity index (χ3v) is 6.20. The molecule has 0 saturated carbocycles. The Morgan fingerprint density at radius 2 is 1.76 bits per heavy atom. The van der Waals surface area contributed by atoms with Gasteiger partial charge in [0.05, 0.1) is 16.8 Å². The maximum Gasteiger partial charge on any atom is 0.335 e. The van der Waals surface area contributed by atoms with Crippen molar-refractivity contribution in [1.29, 1.82) is 0 Å². The first-order valence-corrected chi connectivity index (χ1v) is 12.0. The Labute approximate surface area is 218 Å². The molecule has 3 aromatic heterocycles. The van der Waals surface area contributed by atoms with Crippen LogP contribution in [0.5, 0.6) is 0 Å². The Morgan fingerprint density at radius 1 is 1.03 bits per heavy atom. The van der Waals surface area contributed by atoms with Crippen molar-refractivity contribution < 1.29 is 19.2 Å². The zero-order chi connectivity index (χ0) is 27.0. The summed E-state index contributed by atoms with van der Waals surface area (Å²) in [6, 6.07) is 14.6. The number of aryl methyl sites for hydroxylation is 1. The molecule has 3 heterocycles. The van der Waals surface area contributed by atoms with E-state index in [2.05, 4.69) is 25.5 Å². The van der Waals surface area contributed by atoms with E-state index >= 15 is 0 Å². The van der Waals surface area contributed by atoms with Crippen molar-refractivity contribution in [2.75, 3.05) is 0 Å².